The molecule has 0 saturated carbocycles. The number of nitrogens with one attached hydrogen (secondary N) is 1. The fraction of sp³-hybridized carbons (Fsp3) is 0.417. The van der Waals surface area contributed by atoms with E-state index >= 15 is 0 Å². The van der Waals surface area contributed by atoms with Crippen molar-refractivity contribution in [3.8, 4) is 0 Å². The summed E-state index contributed by atoms with van der Waals surface area (Å²) in [5.74, 6) is -0.451. The lowest BCUT2D eigenvalue weighted by Gasteiger charge is -2.15. The number of carbonyl (C=O) groups excluding carboxylic acids is 1. The zero-order chi connectivity index (χ0) is 13.9. The van der Waals surface area contributed by atoms with E-state index in [1.54, 1.807) is 19.1 Å². The number of hydrogen-bond donors (Lipinski definition) is 2. The van der Waals surface area contributed by atoms with Crippen LogP contribution in [0.2, 0.25) is 0 Å². The molecule has 1 rings (SSSR count). The van der Waals surface area contributed by atoms with Crippen LogP contribution in [0.4, 0.5) is 11.4 Å². The predicted molar refractivity (Wildman–Crippen MR) is 69.3 cm³/mol. The Labute approximate surface area is 105 Å². The van der Waals surface area contributed by atoms with Gasteiger partial charge in [-0.25, -0.2) is 0 Å². The first-order valence-electron chi connectivity index (χ1n) is 5.64. The van der Waals surface area contributed by atoms with E-state index in [1.165, 1.54) is 6.07 Å². The van der Waals surface area contributed by atoms with Gasteiger partial charge in [-0.2, -0.15) is 0 Å². The van der Waals surface area contributed by atoms with Gasteiger partial charge in [0, 0.05) is 6.07 Å². The first-order chi connectivity index (χ1) is 8.32. The summed E-state index contributed by atoms with van der Waals surface area (Å²) in [5, 5.41) is 13.3. The van der Waals surface area contributed by atoms with E-state index in [0.29, 0.717) is 0 Å². The highest BCUT2D eigenvalue weighted by Crippen LogP contribution is 2.25. The molecule has 0 heterocycles. The Bertz CT molecular complexity index is 472. The topological polar surface area (TPSA) is 98.3 Å². The number of nitrogens with zero attached hydrogens (tertiary/aromatic N) is 1. The van der Waals surface area contributed by atoms with E-state index in [2.05, 4.69) is 5.32 Å². The summed E-state index contributed by atoms with van der Waals surface area (Å²) < 4.78 is 0. The zero-order valence-corrected chi connectivity index (χ0v) is 10.6. The van der Waals surface area contributed by atoms with Gasteiger partial charge in [0.1, 0.15) is 5.69 Å². The normalized spacial score (nSPS) is 12.3. The monoisotopic (exact) mass is 251 g/mol. The van der Waals surface area contributed by atoms with Crippen LogP contribution in [0.15, 0.2) is 18.2 Å². The Morgan fingerprint density at radius 3 is 2.56 bits per heavy atom. The number of hydrogen-bond acceptors (Lipinski definition) is 4. The molecule has 98 valence electrons. The fourth-order valence-electron chi connectivity index (χ4n) is 1.43. The highest BCUT2D eigenvalue weighted by Gasteiger charge is 2.21. The third-order valence-electron chi connectivity index (χ3n) is 2.63. The van der Waals surface area contributed by atoms with E-state index in [0.717, 1.165) is 5.56 Å². The number of nitro benzene ring substituents is 1. The smallest absolute Gasteiger partial charge is 0.292 e. The Kier molecular flexibility index (Phi) is 4.38. The van der Waals surface area contributed by atoms with E-state index in [-0.39, 0.29) is 17.3 Å². The maximum atomic E-state index is 11.8. The molecule has 0 radical (unpaired) electrons. The second-order valence-electron chi connectivity index (χ2n) is 4.54. The van der Waals surface area contributed by atoms with Gasteiger partial charge in [0.2, 0.25) is 5.91 Å². The van der Waals surface area contributed by atoms with Crippen LogP contribution < -0.4 is 11.1 Å². The van der Waals surface area contributed by atoms with Crippen molar-refractivity contribution in [2.75, 3.05) is 5.32 Å². The Hall–Kier alpha value is -1.95. The number of carbonyl (C=O) groups is 1. The minimum absolute atomic E-state index is 0.0335. The molecular formula is C12H17N3O3. The lowest BCUT2D eigenvalue weighted by atomic mass is 10.0. The van der Waals surface area contributed by atoms with Gasteiger partial charge in [-0.1, -0.05) is 19.9 Å². The van der Waals surface area contributed by atoms with Crippen LogP contribution in [0, 0.1) is 23.0 Å². The molecule has 0 aromatic heterocycles. The SMILES string of the molecule is Cc1ccc([N+](=O)[O-])c(NC(=O)[C@H](N)C(C)C)c1. The van der Waals surface area contributed by atoms with Crippen LogP contribution in [0.25, 0.3) is 0 Å². The largest absolute Gasteiger partial charge is 0.320 e. The minimum atomic E-state index is -0.690. The number of anilines is 1. The highest BCUT2D eigenvalue weighted by molar-refractivity contribution is 5.96. The summed E-state index contributed by atoms with van der Waals surface area (Å²) in [6, 6.07) is 3.86. The standard InChI is InChI=1S/C12H17N3O3/c1-7(2)11(13)12(16)14-9-6-8(3)4-5-10(9)15(17)18/h4-7,11H,13H2,1-3H3,(H,14,16)/t11-/m1/s1. The van der Waals surface area contributed by atoms with Crippen molar-refractivity contribution < 1.29 is 9.72 Å². The van der Waals surface area contributed by atoms with Crippen LogP contribution in [-0.2, 0) is 4.79 Å². The molecule has 0 aliphatic carbocycles. The van der Waals surface area contributed by atoms with Crippen molar-refractivity contribution in [3.63, 3.8) is 0 Å². The Morgan fingerprint density at radius 2 is 2.06 bits per heavy atom. The molecule has 1 aromatic carbocycles. The fourth-order valence-corrected chi connectivity index (χ4v) is 1.43. The second-order valence-corrected chi connectivity index (χ2v) is 4.54. The third-order valence-corrected chi connectivity index (χ3v) is 2.63. The predicted octanol–water partition coefficient (Wildman–Crippen LogP) is 1.83. The Balaban J connectivity index is 2.99. The van der Waals surface area contributed by atoms with Gasteiger partial charge in [0.05, 0.1) is 11.0 Å². The molecule has 0 fully saturated rings. The van der Waals surface area contributed by atoms with Crippen LogP contribution in [0.1, 0.15) is 19.4 Å². The molecule has 0 bridgehead atoms. The first kappa shape index (κ1) is 14.1. The molecule has 0 aliphatic rings. The van der Waals surface area contributed by atoms with E-state index in [9.17, 15) is 14.9 Å². The van der Waals surface area contributed by atoms with Crippen LogP contribution >= 0.6 is 0 Å². The Morgan fingerprint density at radius 1 is 1.44 bits per heavy atom. The maximum Gasteiger partial charge on any atom is 0.292 e. The average Bonchev–Trinajstić information content (AvgIpc) is 2.27. The number of nitro groups is 1. The molecule has 0 unspecified atom stereocenters. The van der Waals surface area contributed by atoms with Crippen molar-refractivity contribution in [1.82, 2.24) is 0 Å². The summed E-state index contributed by atoms with van der Waals surface area (Å²) in [4.78, 5) is 22.1. The third kappa shape index (κ3) is 3.27. The van der Waals surface area contributed by atoms with Crippen molar-refractivity contribution in [1.29, 1.82) is 0 Å². The van der Waals surface area contributed by atoms with E-state index in [4.69, 9.17) is 5.73 Å². The summed E-state index contributed by atoms with van der Waals surface area (Å²) >= 11 is 0. The molecule has 0 aliphatic heterocycles. The van der Waals surface area contributed by atoms with Gasteiger partial charge in [0.25, 0.3) is 5.69 Å². The molecule has 1 atom stereocenters. The average molecular weight is 251 g/mol. The molecule has 1 aromatic rings. The molecule has 18 heavy (non-hydrogen) atoms. The van der Waals surface area contributed by atoms with Crippen LogP contribution in [0.5, 0.6) is 0 Å². The van der Waals surface area contributed by atoms with Gasteiger partial charge < -0.3 is 11.1 Å². The van der Waals surface area contributed by atoms with Crippen LogP contribution in [0.3, 0.4) is 0 Å². The quantitative estimate of drug-likeness (QED) is 0.630. The molecule has 0 spiro atoms. The molecule has 3 N–H and O–H groups in total. The minimum Gasteiger partial charge on any atom is -0.320 e. The molecular weight excluding hydrogens is 234 g/mol. The lowest BCUT2D eigenvalue weighted by molar-refractivity contribution is -0.383. The summed E-state index contributed by atoms with van der Waals surface area (Å²) in [6.45, 7) is 5.42. The highest BCUT2D eigenvalue weighted by atomic mass is 16.6. The van der Waals surface area contributed by atoms with E-state index < -0.39 is 16.9 Å². The van der Waals surface area contributed by atoms with Crippen molar-refractivity contribution in [2.24, 2.45) is 11.7 Å². The number of benzene rings is 1. The van der Waals surface area contributed by atoms with E-state index in [1.807, 2.05) is 13.8 Å². The van der Waals surface area contributed by atoms with Gasteiger partial charge >= 0.3 is 0 Å². The van der Waals surface area contributed by atoms with Crippen molar-refractivity contribution in [2.45, 2.75) is 26.8 Å². The molecule has 6 heteroatoms. The molecule has 0 saturated heterocycles. The second kappa shape index (κ2) is 5.59. The number of amides is 1. The molecule has 1 amide bonds. The van der Waals surface area contributed by atoms with Gasteiger partial charge in [0.15, 0.2) is 0 Å². The van der Waals surface area contributed by atoms with Gasteiger partial charge in [-0.15, -0.1) is 0 Å². The molecule has 6 nitrogen and oxygen atoms in total. The number of rotatable bonds is 4. The van der Waals surface area contributed by atoms with Crippen molar-refractivity contribution in [3.05, 3.63) is 33.9 Å². The summed E-state index contributed by atoms with van der Waals surface area (Å²) in [5.41, 5.74) is 6.57. The first-order valence-corrected chi connectivity index (χ1v) is 5.64. The maximum absolute atomic E-state index is 11.8. The van der Waals surface area contributed by atoms with Crippen LogP contribution in [-0.4, -0.2) is 16.9 Å². The number of nitrogens with two attached hydrogens (primary N) is 1. The lowest BCUT2D eigenvalue weighted by Crippen LogP contribution is -2.39. The van der Waals surface area contributed by atoms with Crippen molar-refractivity contribution >= 4 is 17.3 Å². The number of aryl methyl sites for hydroxylation is 1. The van der Waals surface area contributed by atoms with Gasteiger partial charge in [-0.05, 0) is 24.5 Å². The summed E-state index contributed by atoms with van der Waals surface area (Å²) in [6.07, 6.45) is 0. The van der Waals surface area contributed by atoms with Gasteiger partial charge in [-0.3, -0.25) is 14.9 Å². The zero-order valence-electron chi connectivity index (χ0n) is 10.6. The summed E-state index contributed by atoms with van der Waals surface area (Å²) in [7, 11) is 0.